The van der Waals surface area contributed by atoms with Gasteiger partial charge in [-0.05, 0) is 32.2 Å². The zero-order valence-corrected chi connectivity index (χ0v) is 8.68. The van der Waals surface area contributed by atoms with Crippen LogP contribution in [-0.4, -0.2) is 37.5 Å². The summed E-state index contributed by atoms with van der Waals surface area (Å²) in [4.78, 5) is 0. The van der Waals surface area contributed by atoms with E-state index in [2.05, 4.69) is 12.2 Å². The van der Waals surface area contributed by atoms with Crippen molar-refractivity contribution in [3.05, 3.63) is 0 Å². The molecule has 0 aliphatic heterocycles. The highest BCUT2D eigenvalue weighted by molar-refractivity contribution is 5.00. The molecule has 1 rings (SSSR count). The Morgan fingerprint density at radius 3 is 2.62 bits per heavy atom. The molecule has 0 heterocycles. The van der Waals surface area contributed by atoms with Gasteiger partial charge in [0.1, 0.15) is 0 Å². The lowest BCUT2D eigenvalue weighted by Gasteiger charge is -2.31. The van der Waals surface area contributed by atoms with Crippen LogP contribution in [0.5, 0.6) is 0 Å². The molecular formula is C10H21NO2. The first-order chi connectivity index (χ1) is 6.29. The highest BCUT2D eigenvalue weighted by Crippen LogP contribution is 2.39. The molecule has 13 heavy (non-hydrogen) atoms. The predicted molar refractivity (Wildman–Crippen MR) is 52.7 cm³/mol. The van der Waals surface area contributed by atoms with Crippen LogP contribution in [0.25, 0.3) is 0 Å². The molecule has 78 valence electrons. The fourth-order valence-electron chi connectivity index (χ4n) is 1.68. The highest BCUT2D eigenvalue weighted by Gasteiger charge is 2.43. The van der Waals surface area contributed by atoms with Crippen molar-refractivity contribution in [2.75, 3.05) is 26.9 Å². The van der Waals surface area contributed by atoms with Crippen LogP contribution in [-0.2, 0) is 4.74 Å². The van der Waals surface area contributed by atoms with Gasteiger partial charge in [-0.25, -0.2) is 0 Å². The van der Waals surface area contributed by atoms with Gasteiger partial charge in [0, 0.05) is 6.61 Å². The van der Waals surface area contributed by atoms with Crippen molar-refractivity contribution in [2.24, 2.45) is 5.92 Å². The second-order valence-corrected chi connectivity index (χ2v) is 3.89. The third kappa shape index (κ3) is 2.66. The molecule has 1 saturated carbocycles. The predicted octanol–water partition coefficient (Wildman–Crippen LogP) is 0.773. The summed E-state index contributed by atoms with van der Waals surface area (Å²) in [6.07, 6.45) is 3.48. The van der Waals surface area contributed by atoms with Gasteiger partial charge in [-0.3, -0.25) is 0 Å². The molecule has 1 aliphatic rings. The van der Waals surface area contributed by atoms with Crippen molar-refractivity contribution in [3.63, 3.8) is 0 Å². The van der Waals surface area contributed by atoms with Gasteiger partial charge in [0.05, 0.1) is 18.8 Å². The van der Waals surface area contributed by atoms with Gasteiger partial charge in [0.2, 0.25) is 0 Å². The maximum atomic E-state index is 9.34. The summed E-state index contributed by atoms with van der Waals surface area (Å²) < 4.78 is 5.51. The number of aliphatic hydroxyl groups is 1. The summed E-state index contributed by atoms with van der Waals surface area (Å²) in [6, 6.07) is 0. The van der Waals surface area contributed by atoms with Crippen LogP contribution < -0.4 is 5.32 Å². The molecule has 0 amide bonds. The minimum Gasteiger partial charge on any atom is -0.394 e. The van der Waals surface area contributed by atoms with E-state index in [9.17, 15) is 5.11 Å². The molecule has 0 radical (unpaired) electrons. The van der Waals surface area contributed by atoms with Crippen molar-refractivity contribution >= 4 is 0 Å². The number of likely N-dealkylation sites (N-methyl/N-ethyl adjacent to an activating group) is 1. The molecule has 3 nitrogen and oxygen atoms in total. The Labute approximate surface area is 80.5 Å². The minimum atomic E-state index is -0.171. The first-order valence-corrected chi connectivity index (χ1v) is 5.16. The van der Waals surface area contributed by atoms with E-state index in [1.54, 1.807) is 0 Å². The number of hydrogen-bond donors (Lipinski definition) is 2. The Hall–Kier alpha value is -0.120. The van der Waals surface area contributed by atoms with E-state index in [-0.39, 0.29) is 12.1 Å². The molecule has 0 aromatic heterocycles. The zero-order valence-electron chi connectivity index (χ0n) is 8.68. The van der Waals surface area contributed by atoms with Crippen LogP contribution in [0.4, 0.5) is 0 Å². The van der Waals surface area contributed by atoms with Gasteiger partial charge in [0.15, 0.2) is 0 Å². The van der Waals surface area contributed by atoms with E-state index in [0.717, 1.165) is 13.0 Å². The van der Waals surface area contributed by atoms with Crippen LogP contribution in [0, 0.1) is 5.92 Å². The summed E-state index contributed by atoms with van der Waals surface area (Å²) in [6.45, 7) is 3.70. The molecule has 1 atom stereocenters. The standard InChI is InChI=1S/C10H21NO2/c1-3-6-13-8-10(7-12,11-2)9-4-5-9/h9,11-12H,3-8H2,1-2H3. The SMILES string of the molecule is CCCOCC(CO)(NC)C1CC1. The number of rotatable bonds is 7. The lowest BCUT2D eigenvalue weighted by Crippen LogP contribution is -2.52. The third-order valence-corrected chi connectivity index (χ3v) is 2.85. The van der Waals surface area contributed by atoms with E-state index in [0.29, 0.717) is 12.5 Å². The van der Waals surface area contributed by atoms with E-state index in [4.69, 9.17) is 4.74 Å². The first kappa shape index (κ1) is 11.0. The van der Waals surface area contributed by atoms with Crippen LogP contribution >= 0.6 is 0 Å². The smallest absolute Gasteiger partial charge is 0.0676 e. The number of nitrogens with one attached hydrogen (secondary N) is 1. The van der Waals surface area contributed by atoms with Crippen LogP contribution in [0.3, 0.4) is 0 Å². The molecule has 1 unspecified atom stereocenters. The largest absolute Gasteiger partial charge is 0.394 e. The summed E-state index contributed by atoms with van der Waals surface area (Å²) in [5.41, 5.74) is -0.171. The zero-order chi connectivity index (χ0) is 9.73. The third-order valence-electron chi connectivity index (χ3n) is 2.85. The minimum absolute atomic E-state index is 0.171. The second-order valence-electron chi connectivity index (χ2n) is 3.89. The van der Waals surface area contributed by atoms with Crippen molar-refractivity contribution in [1.82, 2.24) is 5.32 Å². The number of aliphatic hydroxyl groups excluding tert-OH is 1. The summed E-state index contributed by atoms with van der Waals surface area (Å²) >= 11 is 0. The molecule has 0 aromatic carbocycles. The van der Waals surface area contributed by atoms with Crippen LogP contribution in [0.2, 0.25) is 0 Å². The van der Waals surface area contributed by atoms with Gasteiger partial charge < -0.3 is 15.2 Å². The van der Waals surface area contributed by atoms with Crippen molar-refractivity contribution in [2.45, 2.75) is 31.7 Å². The van der Waals surface area contributed by atoms with Crippen molar-refractivity contribution in [3.8, 4) is 0 Å². The molecule has 1 aliphatic carbocycles. The fraction of sp³-hybridized carbons (Fsp3) is 1.00. The molecule has 0 bridgehead atoms. The normalized spacial score (nSPS) is 21.5. The lowest BCUT2D eigenvalue weighted by atomic mass is 9.96. The maximum absolute atomic E-state index is 9.34. The molecular weight excluding hydrogens is 166 g/mol. The van der Waals surface area contributed by atoms with Crippen LogP contribution in [0.1, 0.15) is 26.2 Å². The quantitative estimate of drug-likeness (QED) is 0.579. The van der Waals surface area contributed by atoms with Gasteiger partial charge in [0.25, 0.3) is 0 Å². The van der Waals surface area contributed by atoms with Gasteiger partial charge in [-0.15, -0.1) is 0 Å². The first-order valence-electron chi connectivity index (χ1n) is 5.16. The van der Waals surface area contributed by atoms with E-state index >= 15 is 0 Å². The summed E-state index contributed by atoms with van der Waals surface area (Å²) in [5, 5.41) is 12.6. The molecule has 0 saturated heterocycles. The monoisotopic (exact) mass is 187 g/mol. The van der Waals surface area contributed by atoms with Gasteiger partial charge in [-0.2, -0.15) is 0 Å². The highest BCUT2D eigenvalue weighted by atomic mass is 16.5. The van der Waals surface area contributed by atoms with E-state index in [1.165, 1.54) is 12.8 Å². The Bertz CT molecular complexity index is 142. The number of ether oxygens (including phenoxy) is 1. The molecule has 0 aromatic rings. The van der Waals surface area contributed by atoms with Crippen molar-refractivity contribution in [1.29, 1.82) is 0 Å². The molecule has 0 spiro atoms. The Morgan fingerprint density at radius 1 is 1.54 bits per heavy atom. The average Bonchev–Trinajstić information content (AvgIpc) is 2.97. The fourth-order valence-corrected chi connectivity index (χ4v) is 1.68. The molecule has 1 fully saturated rings. The van der Waals surface area contributed by atoms with Crippen molar-refractivity contribution < 1.29 is 9.84 Å². The molecule has 2 N–H and O–H groups in total. The average molecular weight is 187 g/mol. The number of hydrogen-bond acceptors (Lipinski definition) is 3. The Kier molecular flexibility index (Phi) is 4.16. The van der Waals surface area contributed by atoms with E-state index in [1.807, 2.05) is 7.05 Å². The van der Waals surface area contributed by atoms with Gasteiger partial charge >= 0.3 is 0 Å². The Morgan fingerprint density at radius 2 is 2.23 bits per heavy atom. The van der Waals surface area contributed by atoms with Crippen LogP contribution in [0.15, 0.2) is 0 Å². The molecule has 3 heteroatoms. The topological polar surface area (TPSA) is 41.5 Å². The maximum Gasteiger partial charge on any atom is 0.0676 e. The van der Waals surface area contributed by atoms with Gasteiger partial charge in [-0.1, -0.05) is 6.92 Å². The summed E-state index contributed by atoms with van der Waals surface area (Å²) in [5.74, 6) is 0.611. The lowest BCUT2D eigenvalue weighted by molar-refractivity contribution is 0.0281. The second kappa shape index (κ2) is 4.94. The summed E-state index contributed by atoms with van der Waals surface area (Å²) in [7, 11) is 1.91. The Balaban J connectivity index is 2.35. The van der Waals surface area contributed by atoms with E-state index < -0.39 is 0 Å².